The van der Waals surface area contributed by atoms with Crippen molar-refractivity contribution in [2.45, 2.75) is 39.3 Å². The van der Waals surface area contributed by atoms with Gasteiger partial charge in [0.05, 0.1) is 13.2 Å². The number of methoxy groups -OCH3 is 2. The van der Waals surface area contributed by atoms with E-state index in [2.05, 4.69) is 48.1 Å². The first kappa shape index (κ1) is 17.5. The SMILES string of the molecule is CNC(Cc1cc(OC)ccc1Br)C(OC)C(C)(C)C. The van der Waals surface area contributed by atoms with E-state index in [1.54, 1.807) is 14.2 Å². The Labute approximate surface area is 131 Å². The largest absolute Gasteiger partial charge is 0.497 e. The standard InChI is InChI=1S/C16H26BrNO2/c1-16(2,3)15(20-6)14(18-4)10-11-9-12(19-5)7-8-13(11)17/h7-9,14-15,18H,10H2,1-6H3. The van der Waals surface area contributed by atoms with Crippen LogP contribution in [0.15, 0.2) is 22.7 Å². The zero-order chi connectivity index (χ0) is 15.3. The molecular weight excluding hydrogens is 318 g/mol. The highest BCUT2D eigenvalue weighted by Crippen LogP contribution is 2.29. The molecule has 1 rings (SSSR count). The minimum Gasteiger partial charge on any atom is -0.497 e. The summed E-state index contributed by atoms with van der Waals surface area (Å²) in [5.41, 5.74) is 1.29. The molecular formula is C16H26BrNO2. The molecule has 0 amide bonds. The Kier molecular flexibility index (Phi) is 6.49. The second kappa shape index (κ2) is 7.43. The van der Waals surface area contributed by atoms with Crippen molar-refractivity contribution in [2.75, 3.05) is 21.3 Å². The molecule has 0 heterocycles. The van der Waals surface area contributed by atoms with Gasteiger partial charge in [0.25, 0.3) is 0 Å². The van der Waals surface area contributed by atoms with E-state index in [0.717, 1.165) is 16.6 Å². The van der Waals surface area contributed by atoms with Crippen molar-refractivity contribution in [1.29, 1.82) is 0 Å². The number of benzene rings is 1. The maximum atomic E-state index is 5.73. The fraction of sp³-hybridized carbons (Fsp3) is 0.625. The number of likely N-dealkylation sites (N-methyl/N-ethyl adjacent to an activating group) is 1. The van der Waals surface area contributed by atoms with Crippen molar-refractivity contribution in [1.82, 2.24) is 5.32 Å². The van der Waals surface area contributed by atoms with E-state index in [1.807, 2.05) is 19.2 Å². The van der Waals surface area contributed by atoms with Crippen LogP contribution in [0.3, 0.4) is 0 Å². The van der Waals surface area contributed by atoms with Crippen molar-refractivity contribution in [3.8, 4) is 5.75 Å². The molecule has 3 nitrogen and oxygen atoms in total. The van der Waals surface area contributed by atoms with Crippen LogP contribution in [0.5, 0.6) is 5.75 Å². The van der Waals surface area contributed by atoms with Crippen LogP contribution in [0, 0.1) is 5.41 Å². The van der Waals surface area contributed by atoms with E-state index in [1.165, 1.54) is 5.56 Å². The summed E-state index contributed by atoms with van der Waals surface area (Å²) >= 11 is 3.61. The molecule has 20 heavy (non-hydrogen) atoms. The van der Waals surface area contributed by atoms with Gasteiger partial charge in [0.1, 0.15) is 5.75 Å². The molecule has 0 bridgehead atoms. The summed E-state index contributed by atoms with van der Waals surface area (Å²) in [6.07, 6.45) is 1.01. The Morgan fingerprint density at radius 1 is 1.25 bits per heavy atom. The fourth-order valence-corrected chi connectivity index (χ4v) is 2.96. The Morgan fingerprint density at radius 2 is 1.90 bits per heavy atom. The molecule has 0 aliphatic heterocycles. The number of nitrogens with one attached hydrogen (secondary N) is 1. The predicted molar refractivity (Wildman–Crippen MR) is 87.5 cm³/mol. The zero-order valence-corrected chi connectivity index (χ0v) is 14.9. The smallest absolute Gasteiger partial charge is 0.119 e. The van der Waals surface area contributed by atoms with Crippen LogP contribution in [0.4, 0.5) is 0 Å². The summed E-state index contributed by atoms with van der Waals surface area (Å²) in [5.74, 6) is 0.878. The highest BCUT2D eigenvalue weighted by molar-refractivity contribution is 9.10. The van der Waals surface area contributed by atoms with Gasteiger partial charge in [-0.25, -0.2) is 0 Å². The molecule has 0 fully saturated rings. The predicted octanol–water partition coefficient (Wildman–Crippen LogP) is 3.65. The van der Waals surface area contributed by atoms with Gasteiger partial charge in [-0.2, -0.15) is 0 Å². The highest BCUT2D eigenvalue weighted by atomic mass is 79.9. The third kappa shape index (κ3) is 4.47. The molecule has 0 saturated heterocycles. The van der Waals surface area contributed by atoms with Gasteiger partial charge in [-0.1, -0.05) is 36.7 Å². The van der Waals surface area contributed by atoms with E-state index >= 15 is 0 Å². The molecule has 1 N–H and O–H groups in total. The van der Waals surface area contributed by atoms with Crippen molar-refractivity contribution < 1.29 is 9.47 Å². The lowest BCUT2D eigenvalue weighted by molar-refractivity contribution is -0.00925. The first-order valence-corrected chi connectivity index (χ1v) is 7.65. The lowest BCUT2D eigenvalue weighted by atomic mass is 9.82. The molecule has 114 valence electrons. The van der Waals surface area contributed by atoms with Gasteiger partial charge in [0.15, 0.2) is 0 Å². The molecule has 2 unspecified atom stereocenters. The van der Waals surface area contributed by atoms with Gasteiger partial charge in [-0.3, -0.25) is 0 Å². The van der Waals surface area contributed by atoms with Gasteiger partial charge in [0, 0.05) is 17.6 Å². The third-order valence-corrected chi connectivity index (χ3v) is 4.31. The zero-order valence-electron chi connectivity index (χ0n) is 13.3. The van der Waals surface area contributed by atoms with E-state index in [9.17, 15) is 0 Å². The number of rotatable bonds is 6. The average molecular weight is 344 g/mol. The maximum absolute atomic E-state index is 5.73. The van der Waals surface area contributed by atoms with E-state index in [4.69, 9.17) is 9.47 Å². The van der Waals surface area contributed by atoms with Crippen LogP contribution in [0.25, 0.3) is 0 Å². The highest BCUT2D eigenvalue weighted by Gasteiger charge is 2.31. The summed E-state index contributed by atoms with van der Waals surface area (Å²) in [4.78, 5) is 0. The third-order valence-electron chi connectivity index (χ3n) is 3.54. The Bertz CT molecular complexity index is 429. The summed E-state index contributed by atoms with van der Waals surface area (Å²) in [6, 6.07) is 6.30. The number of ether oxygens (including phenoxy) is 2. The minimum atomic E-state index is 0.0772. The quantitative estimate of drug-likeness (QED) is 0.855. The molecule has 0 aliphatic carbocycles. The van der Waals surface area contributed by atoms with Gasteiger partial charge in [0.2, 0.25) is 0 Å². The topological polar surface area (TPSA) is 30.5 Å². The maximum Gasteiger partial charge on any atom is 0.119 e. The van der Waals surface area contributed by atoms with Gasteiger partial charge >= 0.3 is 0 Å². The molecule has 1 aromatic carbocycles. The van der Waals surface area contributed by atoms with Crippen LogP contribution in [0.1, 0.15) is 26.3 Å². The van der Waals surface area contributed by atoms with Crippen LogP contribution in [-0.2, 0) is 11.2 Å². The van der Waals surface area contributed by atoms with E-state index < -0.39 is 0 Å². The summed E-state index contributed by atoms with van der Waals surface area (Å²) in [6.45, 7) is 6.60. The van der Waals surface area contributed by atoms with Crippen molar-refractivity contribution >= 4 is 15.9 Å². The molecule has 0 radical (unpaired) electrons. The second-order valence-electron chi connectivity index (χ2n) is 6.08. The molecule has 0 spiro atoms. The van der Waals surface area contributed by atoms with Crippen molar-refractivity contribution in [2.24, 2.45) is 5.41 Å². The number of halogens is 1. The molecule has 4 heteroatoms. The molecule has 0 aromatic heterocycles. The van der Waals surface area contributed by atoms with Gasteiger partial charge in [-0.15, -0.1) is 0 Å². The van der Waals surface area contributed by atoms with Crippen LogP contribution < -0.4 is 10.1 Å². The first-order chi connectivity index (χ1) is 9.33. The van der Waals surface area contributed by atoms with Crippen molar-refractivity contribution in [3.63, 3.8) is 0 Å². The van der Waals surface area contributed by atoms with E-state index in [0.29, 0.717) is 0 Å². The lowest BCUT2D eigenvalue weighted by Gasteiger charge is -2.36. The number of hydrogen-bond acceptors (Lipinski definition) is 3. The Balaban J connectivity index is 2.98. The van der Waals surface area contributed by atoms with Gasteiger partial charge in [-0.05, 0) is 42.6 Å². The normalized spacial score (nSPS) is 14.9. The van der Waals surface area contributed by atoms with Crippen LogP contribution in [0.2, 0.25) is 0 Å². The van der Waals surface area contributed by atoms with Crippen molar-refractivity contribution in [3.05, 3.63) is 28.2 Å². The van der Waals surface area contributed by atoms with Crippen LogP contribution in [-0.4, -0.2) is 33.4 Å². The van der Waals surface area contributed by atoms with Crippen LogP contribution >= 0.6 is 15.9 Å². The monoisotopic (exact) mass is 343 g/mol. The van der Waals surface area contributed by atoms with E-state index in [-0.39, 0.29) is 17.6 Å². The molecule has 0 saturated carbocycles. The Hall–Kier alpha value is -0.580. The molecule has 0 aliphatic rings. The lowest BCUT2D eigenvalue weighted by Crippen LogP contribution is -2.47. The second-order valence-corrected chi connectivity index (χ2v) is 6.93. The first-order valence-electron chi connectivity index (χ1n) is 6.86. The van der Waals surface area contributed by atoms with Gasteiger partial charge < -0.3 is 14.8 Å². The summed E-state index contributed by atoms with van der Waals surface area (Å²) in [5, 5.41) is 3.39. The molecule has 1 aromatic rings. The Morgan fingerprint density at radius 3 is 2.35 bits per heavy atom. The summed E-state index contributed by atoms with van der Waals surface area (Å²) in [7, 11) is 5.45. The molecule has 2 atom stereocenters. The fourth-order valence-electron chi connectivity index (χ4n) is 2.55. The minimum absolute atomic E-state index is 0.0772. The average Bonchev–Trinajstić information content (AvgIpc) is 2.39. The number of hydrogen-bond donors (Lipinski definition) is 1. The summed E-state index contributed by atoms with van der Waals surface area (Å²) < 4.78 is 12.1.